The van der Waals surface area contributed by atoms with E-state index in [0.717, 1.165) is 4.57 Å². The highest BCUT2D eigenvalue weighted by atomic mass is 19.1. The van der Waals surface area contributed by atoms with Crippen molar-refractivity contribution >= 4 is 16.9 Å². The number of aromatic amines is 1. The molecule has 0 unspecified atom stereocenters. The van der Waals surface area contributed by atoms with Gasteiger partial charge in [0.1, 0.15) is 5.82 Å². The fourth-order valence-corrected chi connectivity index (χ4v) is 2.82. The van der Waals surface area contributed by atoms with E-state index in [1.807, 2.05) is 0 Å². The van der Waals surface area contributed by atoms with Crippen LogP contribution in [0.1, 0.15) is 18.4 Å². The summed E-state index contributed by atoms with van der Waals surface area (Å²) in [7, 11) is 0. The first kappa shape index (κ1) is 18.6. The van der Waals surface area contributed by atoms with Crippen molar-refractivity contribution in [3.8, 4) is 0 Å². The normalized spacial score (nSPS) is 10.9. The summed E-state index contributed by atoms with van der Waals surface area (Å²) in [6, 6.07) is 13.1. The molecule has 0 saturated carbocycles. The lowest BCUT2D eigenvalue weighted by molar-refractivity contribution is -0.143. The molecule has 0 spiro atoms. The minimum absolute atomic E-state index is 0.0669. The van der Waals surface area contributed by atoms with E-state index in [-0.39, 0.29) is 37.4 Å². The molecule has 140 valence electrons. The molecular weight excluding hydrogens is 351 g/mol. The third kappa shape index (κ3) is 4.49. The van der Waals surface area contributed by atoms with Gasteiger partial charge in [-0.05, 0) is 36.6 Å². The van der Waals surface area contributed by atoms with Crippen LogP contribution in [0.3, 0.4) is 0 Å². The third-order valence-electron chi connectivity index (χ3n) is 4.23. The van der Waals surface area contributed by atoms with Crippen molar-refractivity contribution in [2.45, 2.75) is 25.8 Å². The second kappa shape index (κ2) is 8.44. The summed E-state index contributed by atoms with van der Waals surface area (Å²) in [6.07, 6.45) is 0.652. The van der Waals surface area contributed by atoms with Crippen LogP contribution in [0.5, 0.6) is 0 Å². The van der Waals surface area contributed by atoms with Crippen molar-refractivity contribution in [3.63, 3.8) is 0 Å². The standard InChI is InChI=1S/C20H19FN2O4/c21-16-8-3-1-6-14(16)10-11-18(24)27-13-5-12-23-19(25)15-7-2-4-9-17(15)22-20(23)26/h1-4,6-9H,5,10-13H2,(H,22,26). The molecule has 1 aromatic heterocycles. The van der Waals surface area contributed by atoms with E-state index < -0.39 is 11.7 Å². The van der Waals surface area contributed by atoms with Gasteiger partial charge in [0.2, 0.25) is 0 Å². The smallest absolute Gasteiger partial charge is 0.328 e. The van der Waals surface area contributed by atoms with Crippen molar-refractivity contribution in [3.05, 3.63) is 80.7 Å². The summed E-state index contributed by atoms with van der Waals surface area (Å²) in [5, 5.41) is 0.430. The number of ether oxygens (including phenoxy) is 1. The fraction of sp³-hybridized carbons (Fsp3) is 0.250. The van der Waals surface area contributed by atoms with Crippen LogP contribution in [-0.2, 0) is 22.5 Å². The lowest BCUT2D eigenvalue weighted by atomic mass is 10.1. The molecule has 0 aliphatic carbocycles. The average Bonchev–Trinajstić information content (AvgIpc) is 2.66. The van der Waals surface area contributed by atoms with Gasteiger partial charge in [-0.2, -0.15) is 0 Å². The number of para-hydroxylation sites is 1. The van der Waals surface area contributed by atoms with E-state index in [2.05, 4.69) is 4.98 Å². The molecule has 0 amide bonds. The molecule has 0 aliphatic rings. The largest absolute Gasteiger partial charge is 0.466 e. The predicted octanol–water partition coefficient (Wildman–Crippen LogP) is 2.40. The molecule has 3 rings (SSSR count). The van der Waals surface area contributed by atoms with E-state index in [4.69, 9.17) is 4.74 Å². The van der Waals surface area contributed by atoms with Gasteiger partial charge in [-0.1, -0.05) is 30.3 Å². The van der Waals surface area contributed by atoms with Crippen molar-refractivity contribution in [2.24, 2.45) is 0 Å². The summed E-state index contributed by atoms with van der Waals surface area (Å²) in [5.74, 6) is -0.793. The van der Waals surface area contributed by atoms with E-state index in [1.54, 1.807) is 42.5 Å². The zero-order valence-electron chi connectivity index (χ0n) is 14.6. The number of hydrogen-bond donors (Lipinski definition) is 1. The zero-order valence-corrected chi connectivity index (χ0v) is 14.6. The second-order valence-electron chi connectivity index (χ2n) is 6.10. The number of benzene rings is 2. The van der Waals surface area contributed by atoms with E-state index in [1.165, 1.54) is 6.07 Å². The number of nitrogens with zero attached hydrogens (tertiary/aromatic N) is 1. The van der Waals surface area contributed by atoms with Crippen LogP contribution in [0.2, 0.25) is 0 Å². The molecule has 1 heterocycles. The first-order chi connectivity index (χ1) is 13.1. The van der Waals surface area contributed by atoms with Gasteiger partial charge in [0.15, 0.2) is 0 Å². The van der Waals surface area contributed by atoms with Gasteiger partial charge in [0.05, 0.1) is 17.5 Å². The van der Waals surface area contributed by atoms with Crippen molar-refractivity contribution in [1.29, 1.82) is 0 Å². The number of hydrogen-bond acceptors (Lipinski definition) is 4. The summed E-state index contributed by atoms with van der Waals surface area (Å²) >= 11 is 0. The Morgan fingerprint density at radius 2 is 1.81 bits per heavy atom. The Morgan fingerprint density at radius 1 is 1.07 bits per heavy atom. The summed E-state index contributed by atoms with van der Waals surface area (Å²) in [5.41, 5.74) is 0.0804. The lowest BCUT2D eigenvalue weighted by Crippen LogP contribution is -2.35. The first-order valence-electron chi connectivity index (χ1n) is 8.67. The Balaban J connectivity index is 1.51. The molecule has 1 N–H and O–H groups in total. The first-order valence-corrected chi connectivity index (χ1v) is 8.67. The number of carbonyl (C=O) groups is 1. The van der Waals surface area contributed by atoms with Gasteiger partial charge in [0, 0.05) is 13.0 Å². The van der Waals surface area contributed by atoms with Gasteiger partial charge >= 0.3 is 11.7 Å². The molecule has 0 atom stereocenters. The minimum atomic E-state index is -0.496. The summed E-state index contributed by atoms with van der Waals surface area (Å²) < 4.78 is 19.7. The number of carbonyl (C=O) groups excluding carboxylic acids is 1. The highest BCUT2D eigenvalue weighted by Gasteiger charge is 2.09. The molecule has 2 aromatic carbocycles. The molecule has 27 heavy (non-hydrogen) atoms. The Bertz CT molecular complexity index is 1070. The number of halogens is 1. The third-order valence-corrected chi connectivity index (χ3v) is 4.23. The predicted molar refractivity (Wildman–Crippen MR) is 99.1 cm³/mol. The van der Waals surface area contributed by atoms with Gasteiger partial charge in [-0.15, -0.1) is 0 Å². The molecule has 6 nitrogen and oxygen atoms in total. The van der Waals surface area contributed by atoms with Crippen molar-refractivity contribution < 1.29 is 13.9 Å². The lowest BCUT2D eigenvalue weighted by Gasteiger charge is -2.08. The highest BCUT2D eigenvalue weighted by molar-refractivity contribution is 5.76. The molecular formula is C20H19FN2O4. The molecule has 0 fully saturated rings. The maximum Gasteiger partial charge on any atom is 0.328 e. The number of fused-ring (bicyclic) bond motifs is 1. The number of esters is 1. The van der Waals surface area contributed by atoms with Gasteiger partial charge in [-0.3, -0.25) is 14.2 Å². The molecule has 3 aromatic rings. The van der Waals surface area contributed by atoms with Crippen LogP contribution >= 0.6 is 0 Å². The van der Waals surface area contributed by atoms with Crippen LogP contribution in [0.25, 0.3) is 10.9 Å². The Morgan fingerprint density at radius 3 is 2.63 bits per heavy atom. The molecule has 0 aliphatic heterocycles. The van der Waals surface area contributed by atoms with Crippen LogP contribution in [0, 0.1) is 5.82 Å². The molecule has 0 saturated heterocycles. The zero-order chi connectivity index (χ0) is 19.2. The summed E-state index contributed by atoms with van der Waals surface area (Å²) in [6.45, 7) is 0.217. The fourth-order valence-electron chi connectivity index (χ4n) is 2.82. The second-order valence-corrected chi connectivity index (χ2v) is 6.10. The van der Waals surface area contributed by atoms with E-state index in [9.17, 15) is 18.8 Å². The topological polar surface area (TPSA) is 81.2 Å². The minimum Gasteiger partial charge on any atom is -0.466 e. The Hall–Kier alpha value is -3.22. The quantitative estimate of drug-likeness (QED) is 0.511. The molecule has 0 radical (unpaired) electrons. The number of aromatic nitrogens is 2. The molecule has 7 heteroatoms. The maximum atomic E-state index is 13.5. The number of aryl methyl sites for hydroxylation is 1. The van der Waals surface area contributed by atoms with Crippen molar-refractivity contribution in [2.75, 3.05) is 6.61 Å². The van der Waals surface area contributed by atoms with Gasteiger partial charge < -0.3 is 9.72 Å². The van der Waals surface area contributed by atoms with Gasteiger partial charge in [0.25, 0.3) is 5.56 Å². The van der Waals surface area contributed by atoms with E-state index in [0.29, 0.717) is 22.9 Å². The van der Waals surface area contributed by atoms with E-state index >= 15 is 0 Å². The van der Waals surface area contributed by atoms with Crippen molar-refractivity contribution in [1.82, 2.24) is 9.55 Å². The number of H-pyrrole nitrogens is 1. The highest BCUT2D eigenvalue weighted by Crippen LogP contribution is 2.09. The number of rotatable bonds is 7. The van der Waals surface area contributed by atoms with Crippen LogP contribution in [0.4, 0.5) is 4.39 Å². The van der Waals surface area contributed by atoms with Crippen LogP contribution in [-0.4, -0.2) is 22.1 Å². The van der Waals surface area contributed by atoms with Crippen LogP contribution < -0.4 is 11.2 Å². The molecule has 0 bridgehead atoms. The average molecular weight is 370 g/mol. The number of nitrogens with one attached hydrogen (secondary N) is 1. The summed E-state index contributed by atoms with van der Waals surface area (Å²) in [4.78, 5) is 38.8. The monoisotopic (exact) mass is 370 g/mol. The Kier molecular flexibility index (Phi) is 5.80. The van der Waals surface area contributed by atoms with Crippen LogP contribution in [0.15, 0.2) is 58.1 Å². The Labute approximate surface area is 154 Å². The van der Waals surface area contributed by atoms with Gasteiger partial charge in [-0.25, -0.2) is 9.18 Å². The SMILES string of the molecule is O=C(CCc1ccccc1F)OCCCn1c(=O)[nH]c2ccccc2c1=O. The maximum absolute atomic E-state index is 13.5.